The molecule has 4 atom stereocenters. The number of hydrogen-bond acceptors (Lipinski definition) is 4. The maximum absolute atomic E-state index is 10.3. The molecule has 2 aliphatic carbocycles. The summed E-state index contributed by atoms with van der Waals surface area (Å²) >= 11 is 0. The van der Waals surface area contributed by atoms with Gasteiger partial charge < -0.3 is 15.0 Å². The molecule has 0 amide bonds. The van der Waals surface area contributed by atoms with E-state index in [0.717, 1.165) is 44.7 Å². The van der Waals surface area contributed by atoms with E-state index in [0.29, 0.717) is 23.0 Å². The summed E-state index contributed by atoms with van der Waals surface area (Å²) in [6.07, 6.45) is 8.58. The lowest BCUT2D eigenvalue weighted by Gasteiger charge is -2.43. The van der Waals surface area contributed by atoms with Crippen molar-refractivity contribution in [2.75, 3.05) is 0 Å². The van der Waals surface area contributed by atoms with Crippen LogP contribution < -0.4 is 4.74 Å². The van der Waals surface area contributed by atoms with Gasteiger partial charge >= 0.3 is 0 Å². The van der Waals surface area contributed by atoms with Gasteiger partial charge in [0.15, 0.2) is 0 Å². The second-order valence-electron chi connectivity index (χ2n) is 13.5. The fraction of sp³-hybridized carbons (Fsp3) is 0.0851. The van der Waals surface area contributed by atoms with Crippen LogP contribution >= 0.6 is 0 Å². The van der Waals surface area contributed by atoms with Crippen LogP contribution in [0.25, 0.3) is 16.4 Å². The normalized spacial score (nSPS) is 21.7. The molecule has 0 radical (unpaired) electrons. The first-order chi connectivity index (χ1) is 25.7. The van der Waals surface area contributed by atoms with Crippen molar-refractivity contribution in [1.29, 1.82) is 5.26 Å². The Hall–Kier alpha value is -6.77. The molecular formula is C47H31N4O-. The van der Waals surface area contributed by atoms with Gasteiger partial charge in [-0.3, -0.25) is 4.99 Å². The average molecular weight is 668 g/mol. The Bertz CT molecular complexity index is 2540. The van der Waals surface area contributed by atoms with E-state index in [1.165, 1.54) is 11.1 Å². The van der Waals surface area contributed by atoms with Gasteiger partial charge in [-0.25, -0.2) is 0 Å². The number of benzene rings is 6. The zero-order chi connectivity index (χ0) is 34.6. The second-order valence-corrected chi connectivity index (χ2v) is 13.5. The monoisotopic (exact) mass is 667 g/mol. The molecule has 246 valence electrons. The number of rotatable bonds is 4. The van der Waals surface area contributed by atoms with Crippen LogP contribution in [-0.4, -0.2) is 11.7 Å². The van der Waals surface area contributed by atoms with E-state index in [-0.39, 0.29) is 11.8 Å². The first-order valence-corrected chi connectivity index (χ1v) is 17.6. The van der Waals surface area contributed by atoms with Crippen LogP contribution in [0.3, 0.4) is 0 Å². The third-order valence-electron chi connectivity index (χ3n) is 10.9. The summed E-state index contributed by atoms with van der Waals surface area (Å²) in [7, 11) is 0. The Kier molecular flexibility index (Phi) is 6.90. The van der Waals surface area contributed by atoms with Gasteiger partial charge in [0.2, 0.25) is 0 Å². The molecule has 1 spiro atoms. The van der Waals surface area contributed by atoms with E-state index in [2.05, 4.69) is 115 Å². The van der Waals surface area contributed by atoms with Crippen molar-refractivity contribution in [3.63, 3.8) is 0 Å². The lowest BCUT2D eigenvalue weighted by Crippen LogP contribution is -2.38. The molecular weight excluding hydrogens is 637 g/mol. The van der Waals surface area contributed by atoms with Crippen molar-refractivity contribution in [1.82, 2.24) is 0 Å². The molecule has 6 aromatic carbocycles. The molecule has 4 aliphatic rings. The van der Waals surface area contributed by atoms with Gasteiger partial charge in [0.05, 0.1) is 23.0 Å². The molecule has 0 saturated carbocycles. The number of ether oxygens (including phenoxy) is 1. The highest BCUT2D eigenvalue weighted by Gasteiger charge is 2.57. The van der Waals surface area contributed by atoms with Crippen LogP contribution in [0.15, 0.2) is 180 Å². The number of fused-ring (bicyclic) bond motifs is 9. The Morgan fingerprint density at radius 1 is 0.615 bits per heavy atom. The first kappa shape index (κ1) is 30.1. The maximum Gasteiger partial charge on any atom is 0.149 e. The molecule has 52 heavy (non-hydrogen) atoms. The van der Waals surface area contributed by atoms with Gasteiger partial charge in [-0.1, -0.05) is 170 Å². The van der Waals surface area contributed by atoms with Crippen molar-refractivity contribution in [2.24, 2.45) is 15.9 Å². The molecule has 0 fully saturated rings. The summed E-state index contributed by atoms with van der Waals surface area (Å²) in [4.78, 5) is 9.97. The van der Waals surface area contributed by atoms with Crippen molar-refractivity contribution in [3.05, 3.63) is 220 Å². The second kappa shape index (κ2) is 11.9. The number of hydrogen-bond donors (Lipinski definition) is 0. The van der Waals surface area contributed by atoms with E-state index in [1.807, 2.05) is 60.7 Å². The van der Waals surface area contributed by atoms with Crippen LogP contribution in [0, 0.1) is 17.2 Å². The third-order valence-corrected chi connectivity index (χ3v) is 10.9. The largest absolute Gasteiger partial charge is 0.455 e. The summed E-state index contributed by atoms with van der Waals surface area (Å²) in [5, 5.41) is 15.3. The number of nitrogens with zero attached hydrogens (tertiary/aromatic N) is 4. The Morgan fingerprint density at radius 3 is 2.10 bits per heavy atom. The molecule has 10 rings (SSSR count). The first-order valence-electron chi connectivity index (χ1n) is 17.6. The third kappa shape index (κ3) is 4.48. The minimum Gasteiger partial charge on any atom is -0.455 e. The highest BCUT2D eigenvalue weighted by molar-refractivity contribution is 6.18. The number of nitriles is 1. The summed E-state index contributed by atoms with van der Waals surface area (Å²) in [5.74, 6) is 3.04. The predicted octanol–water partition coefficient (Wildman–Crippen LogP) is 10.8. The van der Waals surface area contributed by atoms with E-state index in [9.17, 15) is 5.26 Å². The maximum atomic E-state index is 10.3. The van der Waals surface area contributed by atoms with Gasteiger partial charge in [-0.05, 0) is 39.4 Å². The van der Waals surface area contributed by atoms with Crippen molar-refractivity contribution in [3.8, 4) is 28.7 Å². The smallest absolute Gasteiger partial charge is 0.149 e. The van der Waals surface area contributed by atoms with Gasteiger partial charge in [0.1, 0.15) is 17.6 Å². The van der Waals surface area contributed by atoms with Crippen molar-refractivity contribution in [2.45, 2.75) is 17.5 Å². The van der Waals surface area contributed by atoms with E-state index < -0.39 is 11.6 Å². The number of amidine groups is 2. The summed E-state index contributed by atoms with van der Waals surface area (Å²) in [6.45, 7) is 0. The zero-order valence-corrected chi connectivity index (χ0v) is 28.1. The molecule has 5 nitrogen and oxygen atoms in total. The molecule has 6 aromatic rings. The molecule has 0 N–H and O–H groups in total. The number of para-hydroxylation sites is 2. The predicted molar refractivity (Wildman–Crippen MR) is 206 cm³/mol. The van der Waals surface area contributed by atoms with E-state index in [1.54, 1.807) is 0 Å². The summed E-state index contributed by atoms with van der Waals surface area (Å²) < 4.78 is 6.92. The summed E-state index contributed by atoms with van der Waals surface area (Å²) in [6, 6.07) is 52.3. The molecule has 2 heterocycles. The topological polar surface area (TPSA) is 71.8 Å². The number of aliphatic imine (C=N–C) groups is 2. The number of allylic oxidation sites excluding steroid dienone is 4. The fourth-order valence-electron chi connectivity index (χ4n) is 8.63. The quantitative estimate of drug-likeness (QED) is 0.188. The highest BCUT2D eigenvalue weighted by Crippen LogP contribution is 2.65. The van der Waals surface area contributed by atoms with Gasteiger partial charge in [-0.2, -0.15) is 5.26 Å². The van der Waals surface area contributed by atoms with Crippen LogP contribution in [0.4, 0.5) is 0 Å². The Balaban J connectivity index is 1.12. The molecule has 5 heteroatoms. The van der Waals surface area contributed by atoms with Gasteiger partial charge in [0, 0.05) is 28.5 Å². The van der Waals surface area contributed by atoms with E-state index in [4.69, 9.17) is 20.0 Å². The minimum atomic E-state index is -0.538. The lowest BCUT2D eigenvalue weighted by molar-refractivity contribution is 0.374. The minimum absolute atomic E-state index is 0.117. The molecule has 4 unspecified atom stereocenters. The van der Waals surface area contributed by atoms with Crippen molar-refractivity contribution >= 4 is 11.7 Å². The average Bonchev–Trinajstić information content (AvgIpc) is 3.52. The van der Waals surface area contributed by atoms with E-state index >= 15 is 0 Å². The lowest BCUT2D eigenvalue weighted by atomic mass is 9.61. The van der Waals surface area contributed by atoms with Gasteiger partial charge in [0.25, 0.3) is 0 Å². The Morgan fingerprint density at radius 2 is 1.29 bits per heavy atom. The fourth-order valence-corrected chi connectivity index (χ4v) is 8.63. The highest BCUT2D eigenvalue weighted by atomic mass is 16.5. The summed E-state index contributed by atoms with van der Waals surface area (Å²) in [5.41, 5.74) is 9.54. The molecule has 0 saturated heterocycles. The van der Waals surface area contributed by atoms with Crippen LogP contribution in [0.1, 0.15) is 56.6 Å². The molecule has 2 aliphatic heterocycles. The molecule has 0 bridgehead atoms. The Labute approximate surface area is 302 Å². The SMILES string of the molecule is N#Cc1cccc2c1Oc1c(-c3ccc(C4=NC(c5ccccc5)[N-]C(c5ccccc5)=N4)cc3)cccc1C21c2ccccc2C2C=CC=CC21. The van der Waals surface area contributed by atoms with Crippen LogP contribution in [0.2, 0.25) is 0 Å². The van der Waals surface area contributed by atoms with Crippen LogP contribution in [0.5, 0.6) is 11.5 Å². The van der Waals surface area contributed by atoms with Gasteiger partial charge in [-0.15, -0.1) is 0 Å². The zero-order valence-electron chi connectivity index (χ0n) is 28.1. The van der Waals surface area contributed by atoms with Crippen molar-refractivity contribution < 1.29 is 4.74 Å². The standard InChI is InChI=1S/C47H31N4O/c48-29-34-17-11-23-40-42(34)52-43-35(20-12-24-41(43)47(40)38-21-9-7-18-36(38)37-19-8-10-22-39(37)47)30-25-27-33(28-26-30)46-50-44(31-13-3-1-4-14-31)49-45(51-46)32-15-5-2-6-16-32/h1-28,36,38,44H/q-1. The van der Waals surface area contributed by atoms with Crippen LogP contribution in [-0.2, 0) is 5.41 Å². The molecule has 0 aromatic heterocycles.